The summed E-state index contributed by atoms with van der Waals surface area (Å²) in [6, 6.07) is 15.8. The summed E-state index contributed by atoms with van der Waals surface area (Å²) in [5, 5.41) is 7.83. The Morgan fingerprint density at radius 3 is 2.71 bits per heavy atom. The average Bonchev–Trinajstić information content (AvgIpc) is 3.49. The highest BCUT2D eigenvalue weighted by molar-refractivity contribution is 9.10. The topological polar surface area (TPSA) is 68.0 Å². The number of carbonyl (C=O) groups excluding carboxylic acids is 1. The predicted octanol–water partition coefficient (Wildman–Crippen LogP) is 6.93. The van der Waals surface area contributed by atoms with E-state index in [2.05, 4.69) is 32.3 Å². The molecule has 0 aliphatic carbocycles. The number of thiophene rings is 1. The number of fused-ring (bicyclic) bond motifs is 1. The van der Waals surface area contributed by atoms with Gasteiger partial charge in [0.15, 0.2) is 0 Å². The van der Waals surface area contributed by atoms with E-state index in [4.69, 9.17) is 9.40 Å². The molecule has 31 heavy (non-hydrogen) atoms. The zero-order valence-electron chi connectivity index (χ0n) is 16.4. The van der Waals surface area contributed by atoms with Crippen LogP contribution in [0.25, 0.3) is 32.2 Å². The SMILES string of the molecule is Cc1oc(-c2ccsc2)nc1CC(=O)Nc1ccc(-c2nc3cc(Br)ccc3s2)cc1. The standard InChI is InChI=1S/C23H16BrN3O2S2/c1-13-18(26-22(29-13)15-8-9-30-12-15)11-21(28)25-17-5-2-14(3-6-17)23-27-19-10-16(24)4-7-20(19)31-23/h2-10,12H,11H2,1H3,(H,25,28). The fourth-order valence-corrected chi connectivity index (χ4v) is 5.11. The van der Waals surface area contributed by atoms with Crippen LogP contribution in [0, 0.1) is 6.92 Å². The lowest BCUT2D eigenvalue weighted by Crippen LogP contribution is -2.15. The number of hydrogen-bond donors (Lipinski definition) is 1. The second kappa shape index (κ2) is 8.37. The number of thiazole rings is 1. The summed E-state index contributed by atoms with van der Waals surface area (Å²) in [7, 11) is 0. The summed E-state index contributed by atoms with van der Waals surface area (Å²) in [5.74, 6) is 1.08. The van der Waals surface area contributed by atoms with Crippen molar-refractivity contribution in [2.24, 2.45) is 0 Å². The summed E-state index contributed by atoms with van der Waals surface area (Å²) in [6.07, 6.45) is 0.161. The number of anilines is 1. The van der Waals surface area contributed by atoms with E-state index in [9.17, 15) is 4.79 Å². The molecule has 3 heterocycles. The van der Waals surface area contributed by atoms with Crippen molar-refractivity contribution >= 4 is 60.4 Å². The number of amides is 1. The predicted molar refractivity (Wildman–Crippen MR) is 130 cm³/mol. The van der Waals surface area contributed by atoms with Crippen LogP contribution < -0.4 is 5.32 Å². The van der Waals surface area contributed by atoms with E-state index in [1.165, 1.54) is 0 Å². The smallest absolute Gasteiger partial charge is 0.230 e. The van der Waals surface area contributed by atoms with Crippen LogP contribution in [0.3, 0.4) is 0 Å². The van der Waals surface area contributed by atoms with Gasteiger partial charge in [0.25, 0.3) is 0 Å². The van der Waals surface area contributed by atoms with Gasteiger partial charge in [-0.1, -0.05) is 15.9 Å². The summed E-state index contributed by atoms with van der Waals surface area (Å²) in [6.45, 7) is 1.83. The maximum atomic E-state index is 12.5. The van der Waals surface area contributed by atoms with E-state index >= 15 is 0 Å². The largest absolute Gasteiger partial charge is 0.441 e. The van der Waals surface area contributed by atoms with Gasteiger partial charge in [-0.15, -0.1) is 11.3 Å². The Hall–Kier alpha value is -2.81. The van der Waals surface area contributed by atoms with E-state index < -0.39 is 0 Å². The van der Waals surface area contributed by atoms with Gasteiger partial charge in [-0.3, -0.25) is 4.79 Å². The van der Waals surface area contributed by atoms with Gasteiger partial charge in [-0.25, -0.2) is 9.97 Å². The van der Waals surface area contributed by atoms with Gasteiger partial charge in [0.1, 0.15) is 10.8 Å². The van der Waals surface area contributed by atoms with Gasteiger partial charge in [0, 0.05) is 26.7 Å². The third-order valence-corrected chi connectivity index (χ3v) is 7.02. The summed E-state index contributed by atoms with van der Waals surface area (Å²) in [5.41, 5.74) is 4.30. The number of benzene rings is 2. The fourth-order valence-electron chi connectivity index (χ4n) is 3.18. The Kier molecular flexibility index (Phi) is 5.43. The first-order chi connectivity index (χ1) is 15.0. The van der Waals surface area contributed by atoms with E-state index in [0.717, 1.165) is 36.5 Å². The molecule has 5 nitrogen and oxygen atoms in total. The van der Waals surface area contributed by atoms with Crippen LogP contribution in [0.4, 0.5) is 5.69 Å². The van der Waals surface area contributed by atoms with E-state index in [1.54, 1.807) is 22.7 Å². The van der Waals surface area contributed by atoms with Crippen molar-refractivity contribution in [2.75, 3.05) is 5.32 Å². The van der Waals surface area contributed by atoms with Gasteiger partial charge in [-0.05, 0) is 60.8 Å². The molecule has 5 aromatic rings. The number of halogens is 1. The van der Waals surface area contributed by atoms with Crippen LogP contribution in [0.1, 0.15) is 11.5 Å². The second-order valence-corrected chi connectivity index (χ2v) is 9.69. The Balaban J connectivity index is 1.28. The van der Waals surface area contributed by atoms with Crippen molar-refractivity contribution in [3.8, 4) is 22.0 Å². The molecule has 0 fully saturated rings. The van der Waals surface area contributed by atoms with Crippen molar-refractivity contribution in [3.05, 3.63) is 75.2 Å². The lowest BCUT2D eigenvalue weighted by molar-refractivity contribution is -0.115. The molecule has 0 spiro atoms. The zero-order chi connectivity index (χ0) is 21.4. The molecule has 154 valence electrons. The molecule has 1 amide bonds. The third-order valence-electron chi connectivity index (χ3n) is 4.75. The van der Waals surface area contributed by atoms with E-state index in [-0.39, 0.29) is 12.3 Å². The van der Waals surface area contributed by atoms with Crippen LogP contribution >= 0.6 is 38.6 Å². The maximum absolute atomic E-state index is 12.5. The Morgan fingerprint density at radius 2 is 1.94 bits per heavy atom. The summed E-state index contributed by atoms with van der Waals surface area (Å²) >= 11 is 6.71. The Labute approximate surface area is 194 Å². The average molecular weight is 510 g/mol. The molecule has 0 bridgehead atoms. The van der Waals surface area contributed by atoms with Gasteiger partial charge >= 0.3 is 0 Å². The minimum atomic E-state index is -0.133. The molecular weight excluding hydrogens is 494 g/mol. The molecule has 3 aromatic heterocycles. The number of aryl methyl sites for hydroxylation is 1. The number of rotatable bonds is 5. The van der Waals surface area contributed by atoms with Crippen LogP contribution in [-0.2, 0) is 11.2 Å². The number of hydrogen-bond acceptors (Lipinski definition) is 6. The van der Waals surface area contributed by atoms with Crippen LogP contribution in [-0.4, -0.2) is 15.9 Å². The molecular formula is C23H16BrN3O2S2. The summed E-state index contributed by atoms with van der Waals surface area (Å²) in [4.78, 5) is 21.7. The molecule has 0 aliphatic rings. The number of nitrogens with one attached hydrogen (secondary N) is 1. The van der Waals surface area contributed by atoms with E-state index in [0.29, 0.717) is 17.3 Å². The molecule has 0 radical (unpaired) electrons. The molecule has 8 heteroatoms. The number of aromatic nitrogens is 2. The maximum Gasteiger partial charge on any atom is 0.230 e. The van der Waals surface area contributed by atoms with Gasteiger partial charge in [-0.2, -0.15) is 11.3 Å². The van der Waals surface area contributed by atoms with Crippen molar-refractivity contribution in [2.45, 2.75) is 13.3 Å². The zero-order valence-corrected chi connectivity index (χ0v) is 19.6. The van der Waals surface area contributed by atoms with Crippen molar-refractivity contribution in [1.82, 2.24) is 9.97 Å². The van der Waals surface area contributed by atoms with Gasteiger partial charge < -0.3 is 9.73 Å². The molecule has 0 aliphatic heterocycles. The van der Waals surface area contributed by atoms with Crippen molar-refractivity contribution < 1.29 is 9.21 Å². The quantitative estimate of drug-likeness (QED) is 0.278. The second-order valence-electron chi connectivity index (χ2n) is 6.97. The minimum Gasteiger partial charge on any atom is -0.441 e. The number of oxazole rings is 1. The highest BCUT2D eigenvalue weighted by atomic mass is 79.9. The van der Waals surface area contributed by atoms with Crippen LogP contribution in [0.15, 0.2) is 68.2 Å². The third kappa shape index (κ3) is 4.32. The van der Waals surface area contributed by atoms with Crippen LogP contribution in [0.5, 0.6) is 0 Å². The number of nitrogens with zero attached hydrogens (tertiary/aromatic N) is 2. The molecule has 0 saturated heterocycles. The molecule has 2 aromatic carbocycles. The first-order valence-electron chi connectivity index (χ1n) is 9.50. The van der Waals surface area contributed by atoms with Gasteiger partial charge in [0.2, 0.25) is 11.8 Å². The number of carbonyl (C=O) groups is 1. The molecule has 0 atom stereocenters. The van der Waals surface area contributed by atoms with Crippen LogP contribution in [0.2, 0.25) is 0 Å². The highest BCUT2D eigenvalue weighted by Gasteiger charge is 2.15. The molecule has 1 N–H and O–H groups in total. The van der Waals surface area contributed by atoms with Crippen molar-refractivity contribution in [1.29, 1.82) is 0 Å². The minimum absolute atomic E-state index is 0.133. The first kappa shape index (κ1) is 20.1. The molecule has 5 rings (SSSR count). The normalized spacial score (nSPS) is 11.2. The summed E-state index contributed by atoms with van der Waals surface area (Å²) < 4.78 is 7.87. The molecule has 0 unspecified atom stereocenters. The molecule has 0 saturated carbocycles. The van der Waals surface area contributed by atoms with Crippen molar-refractivity contribution in [3.63, 3.8) is 0 Å². The first-order valence-corrected chi connectivity index (χ1v) is 12.1. The highest BCUT2D eigenvalue weighted by Crippen LogP contribution is 2.32. The monoisotopic (exact) mass is 509 g/mol. The lowest BCUT2D eigenvalue weighted by atomic mass is 10.2. The Bertz CT molecular complexity index is 1370. The Morgan fingerprint density at radius 1 is 1.10 bits per heavy atom. The van der Waals surface area contributed by atoms with Gasteiger partial charge in [0.05, 0.1) is 22.3 Å². The fraction of sp³-hybridized carbons (Fsp3) is 0.0870. The van der Waals surface area contributed by atoms with E-state index in [1.807, 2.05) is 60.1 Å². The lowest BCUT2D eigenvalue weighted by Gasteiger charge is -2.05.